The summed E-state index contributed by atoms with van der Waals surface area (Å²) in [4.78, 5) is 0. The van der Waals surface area contributed by atoms with Crippen molar-refractivity contribution in [3.8, 4) is 0 Å². The summed E-state index contributed by atoms with van der Waals surface area (Å²) in [5.74, 6) is 0.903. The van der Waals surface area contributed by atoms with Crippen LogP contribution in [0.4, 0.5) is 0 Å². The van der Waals surface area contributed by atoms with Crippen LogP contribution in [-0.2, 0) is 0 Å². The third kappa shape index (κ3) is 1.38. The normalized spacial score (nSPS) is 11.5. The molecule has 0 fully saturated rings. The second-order valence-corrected chi connectivity index (χ2v) is 2.06. The Hall–Kier alpha value is -1.24. The van der Waals surface area contributed by atoms with Gasteiger partial charge in [0, 0.05) is 0 Å². The van der Waals surface area contributed by atoms with E-state index in [-0.39, 0.29) is 0 Å². The SMILES string of the molecule is C=CC=C(C)c1ccco1. The number of hydrogen-bond donors (Lipinski definition) is 0. The highest BCUT2D eigenvalue weighted by atomic mass is 16.3. The molecule has 1 heterocycles. The minimum atomic E-state index is 0.903. The predicted molar refractivity (Wildman–Crippen MR) is 42.6 cm³/mol. The number of allylic oxidation sites excluding steroid dienone is 3. The molecule has 52 valence electrons. The van der Waals surface area contributed by atoms with Crippen molar-refractivity contribution in [1.29, 1.82) is 0 Å². The Morgan fingerprint density at radius 1 is 1.70 bits per heavy atom. The molecule has 1 heteroatoms. The molecule has 0 aliphatic heterocycles. The van der Waals surface area contributed by atoms with E-state index in [1.165, 1.54) is 0 Å². The first-order chi connectivity index (χ1) is 4.84. The van der Waals surface area contributed by atoms with E-state index in [4.69, 9.17) is 4.42 Å². The average Bonchev–Trinajstić information content (AvgIpc) is 2.38. The molecule has 1 aromatic heterocycles. The van der Waals surface area contributed by atoms with Crippen LogP contribution in [0.3, 0.4) is 0 Å². The predicted octanol–water partition coefficient (Wildman–Crippen LogP) is 2.87. The molecule has 0 amide bonds. The quantitative estimate of drug-likeness (QED) is 0.567. The Balaban J connectivity index is 2.86. The first kappa shape index (κ1) is 6.87. The van der Waals surface area contributed by atoms with Gasteiger partial charge in [0.2, 0.25) is 0 Å². The Kier molecular flexibility index (Phi) is 2.11. The van der Waals surface area contributed by atoms with Crippen LogP contribution in [-0.4, -0.2) is 0 Å². The molecule has 0 aliphatic rings. The fourth-order valence-electron chi connectivity index (χ4n) is 0.762. The first-order valence-corrected chi connectivity index (χ1v) is 3.18. The molecule has 1 nitrogen and oxygen atoms in total. The molecule has 1 rings (SSSR count). The molecule has 0 saturated carbocycles. The fourth-order valence-corrected chi connectivity index (χ4v) is 0.762. The highest BCUT2D eigenvalue weighted by Gasteiger charge is 1.93. The van der Waals surface area contributed by atoms with Crippen molar-refractivity contribution in [2.75, 3.05) is 0 Å². The maximum absolute atomic E-state index is 5.13. The van der Waals surface area contributed by atoms with Gasteiger partial charge in [0.15, 0.2) is 0 Å². The molecule has 0 N–H and O–H groups in total. The van der Waals surface area contributed by atoms with Gasteiger partial charge in [-0.1, -0.05) is 18.7 Å². The van der Waals surface area contributed by atoms with Crippen LogP contribution in [0, 0.1) is 0 Å². The van der Waals surface area contributed by atoms with Gasteiger partial charge in [-0.3, -0.25) is 0 Å². The highest BCUT2D eigenvalue weighted by Crippen LogP contribution is 2.12. The largest absolute Gasteiger partial charge is 0.465 e. The summed E-state index contributed by atoms with van der Waals surface area (Å²) >= 11 is 0. The third-order valence-corrected chi connectivity index (χ3v) is 1.28. The van der Waals surface area contributed by atoms with Crippen LogP contribution < -0.4 is 0 Å². The Morgan fingerprint density at radius 2 is 2.50 bits per heavy atom. The molecule has 0 atom stereocenters. The first-order valence-electron chi connectivity index (χ1n) is 3.18. The van der Waals surface area contributed by atoms with E-state index in [9.17, 15) is 0 Å². The van der Waals surface area contributed by atoms with Crippen molar-refractivity contribution >= 4 is 5.57 Å². The van der Waals surface area contributed by atoms with E-state index in [0.29, 0.717) is 0 Å². The lowest BCUT2D eigenvalue weighted by molar-refractivity contribution is 0.553. The van der Waals surface area contributed by atoms with Gasteiger partial charge in [-0.2, -0.15) is 0 Å². The zero-order valence-corrected chi connectivity index (χ0v) is 6.00. The number of rotatable bonds is 2. The minimum absolute atomic E-state index is 0.903. The van der Waals surface area contributed by atoms with E-state index in [0.717, 1.165) is 11.3 Å². The second-order valence-electron chi connectivity index (χ2n) is 2.06. The van der Waals surface area contributed by atoms with Gasteiger partial charge in [-0.05, 0) is 24.6 Å². The van der Waals surface area contributed by atoms with E-state index in [2.05, 4.69) is 6.58 Å². The molecule has 0 bridgehead atoms. The Labute approximate surface area is 60.7 Å². The summed E-state index contributed by atoms with van der Waals surface area (Å²) in [7, 11) is 0. The number of hydrogen-bond acceptors (Lipinski definition) is 1. The van der Waals surface area contributed by atoms with Gasteiger partial charge >= 0.3 is 0 Å². The second kappa shape index (κ2) is 3.06. The van der Waals surface area contributed by atoms with Crippen molar-refractivity contribution in [1.82, 2.24) is 0 Å². The van der Waals surface area contributed by atoms with Gasteiger partial charge in [0.05, 0.1) is 6.26 Å². The maximum Gasteiger partial charge on any atom is 0.129 e. The van der Waals surface area contributed by atoms with E-state index in [1.807, 2.05) is 25.1 Å². The van der Waals surface area contributed by atoms with E-state index >= 15 is 0 Å². The van der Waals surface area contributed by atoms with Crippen molar-refractivity contribution in [3.05, 3.63) is 42.9 Å². The standard InChI is InChI=1S/C9H10O/c1-3-5-8(2)9-6-4-7-10-9/h3-7H,1H2,2H3. The molecule has 0 aromatic carbocycles. The van der Waals surface area contributed by atoms with Crippen LogP contribution in [0.15, 0.2) is 41.5 Å². The van der Waals surface area contributed by atoms with Crippen LogP contribution >= 0.6 is 0 Å². The molecule has 0 aliphatic carbocycles. The summed E-state index contributed by atoms with van der Waals surface area (Å²) in [5, 5.41) is 0. The van der Waals surface area contributed by atoms with Gasteiger partial charge in [0.1, 0.15) is 5.76 Å². The summed E-state index contributed by atoms with van der Waals surface area (Å²) in [6.07, 6.45) is 5.33. The summed E-state index contributed by atoms with van der Waals surface area (Å²) in [6.45, 7) is 5.58. The zero-order chi connectivity index (χ0) is 7.40. The Bertz CT molecular complexity index is 229. The van der Waals surface area contributed by atoms with Gasteiger partial charge < -0.3 is 4.42 Å². The van der Waals surface area contributed by atoms with Crippen molar-refractivity contribution in [2.45, 2.75) is 6.92 Å². The van der Waals surface area contributed by atoms with Crippen LogP contribution in [0.5, 0.6) is 0 Å². The smallest absolute Gasteiger partial charge is 0.129 e. The Morgan fingerprint density at radius 3 is 3.00 bits per heavy atom. The molecule has 0 radical (unpaired) electrons. The fraction of sp³-hybridized carbons (Fsp3) is 0.111. The van der Waals surface area contributed by atoms with Gasteiger partial charge in [-0.15, -0.1) is 0 Å². The van der Waals surface area contributed by atoms with Gasteiger partial charge in [-0.25, -0.2) is 0 Å². The van der Waals surface area contributed by atoms with Gasteiger partial charge in [0.25, 0.3) is 0 Å². The molecular formula is C9H10O. The molecule has 0 spiro atoms. The van der Waals surface area contributed by atoms with Crippen LogP contribution in [0.1, 0.15) is 12.7 Å². The molecule has 0 unspecified atom stereocenters. The zero-order valence-electron chi connectivity index (χ0n) is 6.00. The minimum Gasteiger partial charge on any atom is -0.465 e. The van der Waals surface area contributed by atoms with E-state index < -0.39 is 0 Å². The van der Waals surface area contributed by atoms with Crippen molar-refractivity contribution in [3.63, 3.8) is 0 Å². The number of furan rings is 1. The average molecular weight is 134 g/mol. The lowest BCUT2D eigenvalue weighted by atomic mass is 10.2. The van der Waals surface area contributed by atoms with Crippen molar-refractivity contribution < 1.29 is 4.42 Å². The van der Waals surface area contributed by atoms with E-state index in [1.54, 1.807) is 12.3 Å². The molecule has 0 saturated heterocycles. The highest BCUT2D eigenvalue weighted by molar-refractivity contribution is 5.60. The lowest BCUT2D eigenvalue weighted by Crippen LogP contribution is -1.69. The maximum atomic E-state index is 5.13. The summed E-state index contributed by atoms with van der Waals surface area (Å²) in [6, 6.07) is 3.80. The van der Waals surface area contributed by atoms with Crippen LogP contribution in [0.2, 0.25) is 0 Å². The van der Waals surface area contributed by atoms with Crippen LogP contribution in [0.25, 0.3) is 5.57 Å². The molecule has 10 heavy (non-hydrogen) atoms. The molecule has 1 aromatic rings. The lowest BCUT2D eigenvalue weighted by Gasteiger charge is -1.90. The third-order valence-electron chi connectivity index (χ3n) is 1.28. The topological polar surface area (TPSA) is 13.1 Å². The molecular weight excluding hydrogens is 124 g/mol. The summed E-state index contributed by atoms with van der Waals surface area (Å²) < 4.78 is 5.13. The monoisotopic (exact) mass is 134 g/mol. The van der Waals surface area contributed by atoms with Crippen molar-refractivity contribution in [2.24, 2.45) is 0 Å². The summed E-state index contributed by atoms with van der Waals surface area (Å²) in [5.41, 5.74) is 1.10.